The molecule has 0 spiro atoms. The van der Waals surface area contributed by atoms with Crippen LogP contribution in [0.1, 0.15) is 54.4 Å². The molecule has 1 amide bonds. The number of benzene rings is 1. The minimum atomic E-state index is -0.293. The van der Waals surface area contributed by atoms with E-state index in [4.69, 9.17) is 0 Å². The van der Waals surface area contributed by atoms with Gasteiger partial charge < -0.3 is 10.2 Å². The van der Waals surface area contributed by atoms with Crippen LogP contribution in [0.3, 0.4) is 0 Å². The van der Waals surface area contributed by atoms with Crippen LogP contribution < -0.4 is 5.32 Å². The van der Waals surface area contributed by atoms with Gasteiger partial charge in [-0.05, 0) is 62.2 Å². The topological polar surface area (TPSA) is 32.3 Å². The summed E-state index contributed by atoms with van der Waals surface area (Å²) in [5.74, 6) is 0.462. The summed E-state index contributed by atoms with van der Waals surface area (Å²) in [6.07, 6.45) is 3.91. The Balaban J connectivity index is 0.00000192. The molecule has 0 unspecified atom stereocenters. The lowest BCUT2D eigenvalue weighted by Gasteiger charge is -2.31. The molecule has 0 atom stereocenters. The van der Waals surface area contributed by atoms with Crippen LogP contribution in [0.2, 0.25) is 0 Å². The number of amides is 1. The number of nitrogens with one attached hydrogen (secondary N) is 1. The average molecular weight is 341 g/mol. The molecule has 1 aromatic rings. The van der Waals surface area contributed by atoms with Gasteiger partial charge in [-0.15, -0.1) is 12.4 Å². The smallest absolute Gasteiger partial charge is 0.256 e. The Morgan fingerprint density at radius 2 is 1.83 bits per heavy atom. The van der Waals surface area contributed by atoms with Crippen molar-refractivity contribution in [2.24, 2.45) is 5.92 Å². The summed E-state index contributed by atoms with van der Waals surface area (Å²) in [7, 11) is 0. The number of hydrogen-bond acceptors (Lipinski definition) is 2. The minimum Gasteiger partial charge on any atom is -0.339 e. The van der Waals surface area contributed by atoms with Crippen molar-refractivity contribution in [3.63, 3.8) is 0 Å². The Morgan fingerprint density at radius 1 is 1.17 bits per heavy atom. The first-order valence-electron chi connectivity index (χ1n) is 8.45. The molecule has 3 nitrogen and oxygen atoms in total. The molecule has 1 N–H and O–H groups in total. The number of hydrogen-bond donors (Lipinski definition) is 1. The lowest BCUT2D eigenvalue weighted by molar-refractivity contribution is 0.0692. The van der Waals surface area contributed by atoms with E-state index in [1.807, 2.05) is 17.0 Å². The van der Waals surface area contributed by atoms with E-state index >= 15 is 0 Å². The fourth-order valence-electron chi connectivity index (χ4n) is 3.55. The molecule has 2 fully saturated rings. The van der Waals surface area contributed by atoms with Gasteiger partial charge in [0.1, 0.15) is 5.82 Å². The van der Waals surface area contributed by atoms with Crippen LogP contribution >= 0.6 is 12.4 Å². The maximum Gasteiger partial charge on any atom is 0.256 e. The number of nitrogens with zero attached hydrogens (tertiary/aromatic N) is 1. The van der Waals surface area contributed by atoms with E-state index in [9.17, 15) is 9.18 Å². The predicted octanol–water partition coefficient (Wildman–Crippen LogP) is 3.59. The van der Waals surface area contributed by atoms with E-state index in [1.165, 1.54) is 0 Å². The monoisotopic (exact) mass is 340 g/mol. The fraction of sp³-hybridized carbons (Fsp3) is 0.611. The van der Waals surface area contributed by atoms with Crippen molar-refractivity contribution >= 4 is 18.3 Å². The van der Waals surface area contributed by atoms with E-state index in [0.717, 1.165) is 57.4 Å². The van der Waals surface area contributed by atoms with Crippen molar-refractivity contribution in [1.82, 2.24) is 10.2 Å². The fourth-order valence-corrected chi connectivity index (χ4v) is 3.55. The second-order valence-corrected chi connectivity index (χ2v) is 6.71. The Kier molecular flexibility index (Phi) is 6.42. The molecule has 2 heterocycles. The Labute approximate surface area is 144 Å². The number of halogens is 2. The van der Waals surface area contributed by atoms with Crippen LogP contribution in [0.5, 0.6) is 0 Å². The largest absolute Gasteiger partial charge is 0.339 e. The van der Waals surface area contributed by atoms with Crippen molar-refractivity contribution in [2.75, 3.05) is 26.2 Å². The van der Waals surface area contributed by atoms with Crippen LogP contribution in [0.4, 0.5) is 4.39 Å². The number of carbonyl (C=O) groups is 1. The summed E-state index contributed by atoms with van der Waals surface area (Å²) in [5.41, 5.74) is 0.975. The van der Waals surface area contributed by atoms with Crippen LogP contribution in [-0.4, -0.2) is 37.0 Å². The zero-order chi connectivity index (χ0) is 15.5. The van der Waals surface area contributed by atoms with E-state index in [1.54, 1.807) is 6.07 Å². The number of likely N-dealkylation sites (tertiary alicyclic amines) is 1. The second kappa shape index (κ2) is 8.11. The predicted molar refractivity (Wildman–Crippen MR) is 92.8 cm³/mol. The van der Waals surface area contributed by atoms with Gasteiger partial charge in [-0.25, -0.2) is 4.39 Å². The minimum absolute atomic E-state index is 0. The van der Waals surface area contributed by atoms with E-state index < -0.39 is 0 Å². The van der Waals surface area contributed by atoms with Gasteiger partial charge in [0.15, 0.2) is 0 Å². The van der Waals surface area contributed by atoms with Gasteiger partial charge in [-0.3, -0.25) is 4.79 Å². The van der Waals surface area contributed by atoms with Crippen molar-refractivity contribution in [3.05, 3.63) is 35.1 Å². The number of rotatable bonds is 2. The summed E-state index contributed by atoms with van der Waals surface area (Å²) in [6, 6.07) is 5.32. The summed E-state index contributed by atoms with van der Waals surface area (Å²) < 4.78 is 14.9. The average Bonchev–Trinajstić information content (AvgIpc) is 2.56. The first-order chi connectivity index (χ1) is 10.7. The number of carbonyl (C=O) groups excluding carboxylic acids is 1. The Morgan fingerprint density at radius 3 is 2.48 bits per heavy atom. The van der Waals surface area contributed by atoms with Crippen molar-refractivity contribution in [1.29, 1.82) is 0 Å². The van der Waals surface area contributed by atoms with Crippen LogP contribution in [-0.2, 0) is 0 Å². The summed E-state index contributed by atoms with van der Waals surface area (Å²) >= 11 is 0. The quantitative estimate of drug-likeness (QED) is 0.892. The molecule has 0 bridgehead atoms. The molecule has 5 heteroatoms. The molecule has 0 radical (unpaired) electrons. The molecule has 0 aliphatic carbocycles. The highest BCUT2D eigenvalue weighted by atomic mass is 35.5. The third-order valence-corrected chi connectivity index (χ3v) is 5.11. The SMILES string of the molecule is CC1CCN(C(=O)c2cccc(C3CCNCC3)c2F)CC1.Cl. The molecular weight excluding hydrogens is 315 g/mol. The van der Waals surface area contributed by atoms with Crippen molar-refractivity contribution in [3.8, 4) is 0 Å². The molecule has 2 aliphatic rings. The van der Waals surface area contributed by atoms with E-state index in [-0.39, 0.29) is 35.6 Å². The highest BCUT2D eigenvalue weighted by Crippen LogP contribution is 2.29. The molecule has 2 saturated heterocycles. The van der Waals surface area contributed by atoms with Crippen LogP contribution in [0.15, 0.2) is 18.2 Å². The molecule has 128 valence electrons. The molecule has 23 heavy (non-hydrogen) atoms. The van der Waals surface area contributed by atoms with Crippen molar-refractivity contribution in [2.45, 2.75) is 38.5 Å². The molecule has 0 saturated carbocycles. The molecule has 0 aromatic heterocycles. The van der Waals surface area contributed by atoms with Gasteiger partial charge in [0.25, 0.3) is 5.91 Å². The maximum absolute atomic E-state index is 14.9. The van der Waals surface area contributed by atoms with Crippen LogP contribution in [0.25, 0.3) is 0 Å². The summed E-state index contributed by atoms with van der Waals surface area (Å²) in [4.78, 5) is 14.4. The van der Waals surface area contributed by atoms with Gasteiger partial charge in [0, 0.05) is 13.1 Å². The van der Waals surface area contributed by atoms with Gasteiger partial charge in [-0.1, -0.05) is 19.1 Å². The van der Waals surface area contributed by atoms with Crippen molar-refractivity contribution < 1.29 is 9.18 Å². The lowest BCUT2D eigenvalue weighted by atomic mass is 9.88. The van der Waals surface area contributed by atoms with E-state index in [0.29, 0.717) is 5.92 Å². The third kappa shape index (κ3) is 4.04. The van der Waals surface area contributed by atoms with Gasteiger partial charge in [0.05, 0.1) is 5.56 Å². The first kappa shape index (κ1) is 18.2. The molecule has 3 rings (SSSR count). The maximum atomic E-state index is 14.9. The summed E-state index contributed by atoms with van der Waals surface area (Å²) in [6.45, 7) is 5.55. The third-order valence-electron chi connectivity index (χ3n) is 5.11. The standard InChI is InChI=1S/C18H25FN2O.ClH/c1-13-7-11-21(12-8-13)18(22)16-4-2-3-15(17(16)19)14-5-9-20-10-6-14;/h2-4,13-14,20H,5-12H2,1H3;1H. The Hall–Kier alpha value is -1.13. The van der Waals surface area contributed by atoms with Gasteiger partial charge >= 0.3 is 0 Å². The van der Waals surface area contributed by atoms with Crippen LogP contribution in [0, 0.1) is 11.7 Å². The Bertz CT molecular complexity index is 538. The highest BCUT2D eigenvalue weighted by molar-refractivity contribution is 5.94. The molecule has 1 aromatic carbocycles. The first-order valence-corrected chi connectivity index (χ1v) is 8.45. The second-order valence-electron chi connectivity index (χ2n) is 6.71. The van der Waals surface area contributed by atoms with Gasteiger partial charge in [-0.2, -0.15) is 0 Å². The highest BCUT2D eigenvalue weighted by Gasteiger charge is 2.26. The van der Waals surface area contributed by atoms with Gasteiger partial charge in [0.2, 0.25) is 0 Å². The summed E-state index contributed by atoms with van der Waals surface area (Å²) in [5, 5.41) is 3.30. The molecular formula is C18H26ClFN2O. The van der Waals surface area contributed by atoms with E-state index in [2.05, 4.69) is 12.2 Å². The normalized spacial score (nSPS) is 20.2. The zero-order valence-corrected chi connectivity index (χ0v) is 14.5. The zero-order valence-electron chi connectivity index (χ0n) is 13.7. The lowest BCUT2D eigenvalue weighted by Crippen LogP contribution is -2.38. The molecule has 2 aliphatic heterocycles. The number of piperidine rings is 2.